The molecule has 14 nitrogen and oxygen atoms in total. The van der Waals surface area contributed by atoms with Crippen LogP contribution in [0.1, 0.15) is 245 Å². The van der Waals surface area contributed by atoms with Crippen LogP contribution in [0.2, 0.25) is 0 Å². The van der Waals surface area contributed by atoms with Gasteiger partial charge in [0.15, 0.2) is 12.6 Å². The maximum atomic E-state index is 13.2. The molecule has 1 amide bonds. The minimum absolute atomic E-state index is 0.235. The van der Waals surface area contributed by atoms with Crippen LogP contribution in [-0.4, -0.2) is 140 Å². The van der Waals surface area contributed by atoms with Gasteiger partial charge in [0.25, 0.3) is 0 Å². The third-order valence-electron chi connectivity index (χ3n) is 14.5. The number of amides is 1. The van der Waals surface area contributed by atoms with E-state index >= 15 is 0 Å². The first-order chi connectivity index (χ1) is 34.1. The first-order valence-electron chi connectivity index (χ1n) is 28.9. The minimum Gasteiger partial charge on any atom is -0.394 e. The summed E-state index contributed by atoms with van der Waals surface area (Å²) >= 11 is 0. The number of aliphatic hydroxyl groups is 8. The topological polar surface area (TPSA) is 228 Å². The summed E-state index contributed by atoms with van der Waals surface area (Å²) < 4.78 is 22.7. The highest BCUT2D eigenvalue weighted by atomic mass is 16.7. The highest BCUT2D eigenvalue weighted by Gasteiger charge is 2.51. The molecule has 2 aliphatic heterocycles. The van der Waals surface area contributed by atoms with E-state index < -0.39 is 86.8 Å². The number of allylic oxidation sites excluding steroid dienone is 1. The van der Waals surface area contributed by atoms with Crippen LogP contribution in [0.3, 0.4) is 0 Å². The Morgan fingerprint density at radius 3 is 1.31 bits per heavy atom. The van der Waals surface area contributed by atoms with E-state index in [0.29, 0.717) is 6.42 Å². The van der Waals surface area contributed by atoms with Crippen LogP contribution in [0.5, 0.6) is 0 Å². The molecule has 0 saturated carbocycles. The van der Waals surface area contributed by atoms with E-state index in [0.717, 1.165) is 38.5 Å². The van der Waals surface area contributed by atoms with Gasteiger partial charge in [-0.15, -0.1) is 0 Å². The molecule has 414 valence electrons. The zero-order chi connectivity index (χ0) is 51.0. The Kier molecular flexibility index (Phi) is 39.9. The van der Waals surface area contributed by atoms with Crippen molar-refractivity contribution in [1.82, 2.24) is 5.32 Å². The molecule has 0 aromatic carbocycles. The predicted octanol–water partition coefficient (Wildman–Crippen LogP) is 9.11. The largest absolute Gasteiger partial charge is 0.394 e. The monoisotopic (exact) mass is 1000 g/mol. The van der Waals surface area contributed by atoms with Crippen molar-refractivity contribution in [3.8, 4) is 0 Å². The first-order valence-corrected chi connectivity index (χ1v) is 28.9. The molecule has 2 saturated heterocycles. The molecule has 0 radical (unpaired) electrons. The number of unbranched alkanes of at least 4 members (excludes halogenated alkanes) is 33. The summed E-state index contributed by atoms with van der Waals surface area (Å²) in [4.78, 5) is 13.2. The fourth-order valence-corrected chi connectivity index (χ4v) is 9.76. The predicted molar refractivity (Wildman–Crippen MR) is 277 cm³/mol. The van der Waals surface area contributed by atoms with Crippen LogP contribution >= 0.6 is 0 Å². The molecule has 0 aromatic heterocycles. The number of ether oxygens (including phenoxy) is 4. The van der Waals surface area contributed by atoms with Crippen LogP contribution in [0.4, 0.5) is 0 Å². The van der Waals surface area contributed by atoms with E-state index in [9.17, 15) is 45.6 Å². The zero-order valence-electron chi connectivity index (χ0n) is 44.3. The van der Waals surface area contributed by atoms with Gasteiger partial charge in [0.2, 0.25) is 5.91 Å². The molecule has 2 aliphatic rings. The quantitative estimate of drug-likeness (QED) is 0.0205. The molecule has 0 aromatic rings. The summed E-state index contributed by atoms with van der Waals surface area (Å²) in [6.07, 6.45) is 31.1. The van der Waals surface area contributed by atoms with Gasteiger partial charge in [-0.25, -0.2) is 0 Å². The SMILES string of the molecule is CCCCCCCCCCCCCC=CC(O)C(COC1OC(CO)C(OC2OC(CO)C(O)C(O)C2O)C(O)C1O)NC(=O)CCCCCCCCCCCCCCCCCCCCCCCCC. The second-order valence-electron chi connectivity index (χ2n) is 20.8. The first kappa shape index (κ1) is 64.8. The minimum atomic E-state index is -1.78. The Labute approximate surface area is 425 Å². The molecule has 14 heteroatoms. The van der Waals surface area contributed by atoms with Crippen LogP contribution in [0.15, 0.2) is 12.2 Å². The lowest BCUT2D eigenvalue weighted by Gasteiger charge is -2.46. The average molecular weight is 1000 g/mol. The van der Waals surface area contributed by atoms with Crippen molar-refractivity contribution >= 4 is 5.91 Å². The van der Waals surface area contributed by atoms with Crippen molar-refractivity contribution in [1.29, 1.82) is 0 Å². The van der Waals surface area contributed by atoms with Crippen molar-refractivity contribution < 1.29 is 64.6 Å². The number of nitrogens with one attached hydrogen (secondary N) is 1. The van der Waals surface area contributed by atoms with Gasteiger partial charge < -0.3 is 65.1 Å². The highest BCUT2D eigenvalue weighted by Crippen LogP contribution is 2.30. The van der Waals surface area contributed by atoms with Gasteiger partial charge in [-0.1, -0.05) is 231 Å². The number of hydrogen-bond acceptors (Lipinski definition) is 13. The van der Waals surface area contributed by atoms with Crippen LogP contribution in [-0.2, 0) is 23.7 Å². The van der Waals surface area contributed by atoms with E-state index in [2.05, 4.69) is 19.2 Å². The average Bonchev–Trinajstić information content (AvgIpc) is 3.36. The van der Waals surface area contributed by atoms with Crippen molar-refractivity contribution in [2.75, 3.05) is 19.8 Å². The summed E-state index contributed by atoms with van der Waals surface area (Å²) in [5.41, 5.74) is 0. The number of rotatable bonds is 46. The molecule has 2 fully saturated rings. The standard InChI is InChI=1S/C56H107NO13/c1-3-5-7-9-11-13-15-17-18-19-20-21-22-23-24-25-26-28-30-32-34-36-38-40-48(61)57-44(45(60)39-37-35-33-31-29-27-16-14-12-10-8-6-4-2)43-67-55-53(66)51(64)54(47(42-59)69-55)70-56-52(65)50(63)49(62)46(41-58)68-56/h37,39,44-47,49-56,58-60,62-66H,3-36,38,40-43H2,1-2H3,(H,57,61). The normalized spacial score (nSPS) is 26.0. The van der Waals surface area contributed by atoms with Gasteiger partial charge in [-0.2, -0.15) is 0 Å². The molecule has 2 heterocycles. The van der Waals surface area contributed by atoms with Crippen LogP contribution in [0.25, 0.3) is 0 Å². The van der Waals surface area contributed by atoms with Gasteiger partial charge in [0.05, 0.1) is 32.0 Å². The number of hydrogen-bond donors (Lipinski definition) is 9. The molecule has 0 bridgehead atoms. The Morgan fingerprint density at radius 2 is 0.886 bits per heavy atom. The third-order valence-corrected chi connectivity index (χ3v) is 14.5. The maximum absolute atomic E-state index is 13.2. The molecule has 12 atom stereocenters. The Morgan fingerprint density at radius 1 is 0.500 bits per heavy atom. The lowest BCUT2D eigenvalue weighted by atomic mass is 9.97. The van der Waals surface area contributed by atoms with Crippen molar-refractivity contribution in [2.45, 2.75) is 319 Å². The van der Waals surface area contributed by atoms with Gasteiger partial charge >= 0.3 is 0 Å². The smallest absolute Gasteiger partial charge is 0.220 e. The van der Waals surface area contributed by atoms with E-state index in [1.54, 1.807) is 6.08 Å². The second-order valence-corrected chi connectivity index (χ2v) is 20.8. The van der Waals surface area contributed by atoms with Crippen molar-refractivity contribution in [3.05, 3.63) is 12.2 Å². The molecule has 2 rings (SSSR count). The molecular formula is C56H107NO13. The molecule has 0 aliphatic carbocycles. The fourth-order valence-electron chi connectivity index (χ4n) is 9.76. The number of carbonyl (C=O) groups excluding carboxylic acids is 1. The Hall–Kier alpha value is -1.27. The fraction of sp³-hybridized carbons (Fsp3) is 0.946. The molecule has 12 unspecified atom stereocenters. The van der Waals surface area contributed by atoms with E-state index in [4.69, 9.17) is 18.9 Å². The third kappa shape index (κ3) is 29.0. The lowest BCUT2D eigenvalue weighted by Crippen LogP contribution is -2.65. The number of aliphatic hydroxyl groups excluding tert-OH is 8. The summed E-state index contributed by atoms with van der Waals surface area (Å²) in [7, 11) is 0. The molecule has 70 heavy (non-hydrogen) atoms. The van der Waals surface area contributed by atoms with Crippen LogP contribution < -0.4 is 5.32 Å². The Bertz CT molecular complexity index is 1230. The number of carbonyl (C=O) groups is 1. The van der Waals surface area contributed by atoms with Crippen LogP contribution in [0, 0.1) is 0 Å². The van der Waals surface area contributed by atoms with Gasteiger partial charge in [-0.05, 0) is 19.3 Å². The molecule has 0 spiro atoms. The van der Waals surface area contributed by atoms with E-state index in [1.807, 2.05) is 6.08 Å². The summed E-state index contributed by atoms with van der Waals surface area (Å²) in [6.45, 7) is 2.81. The summed E-state index contributed by atoms with van der Waals surface area (Å²) in [5.74, 6) is -0.235. The molecular weight excluding hydrogens is 895 g/mol. The van der Waals surface area contributed by atoms with Gasteiger partial charge in [0.1, 0.15) is 48.8 Å². The summed E-state index contributed by atoms with van der Waals surface area (Å²) in [6, 6.07) is -0.908. The second kappa shape index (κ2) is 43.0. The highest BCUT2D eigenvalue weighted by molar-refractivity contribution is 5.76. The summed E-state index contributed by atoms with van der Waals surface area (Å²) in [5, 5.41) is 86.9. The lowest BCUT2D eigenvalue weighted by molar-refractivity contribution is -0.359. The maximum Gasteiger partial charge on any atom is 0.220 e. The molecule has 9 N–H and O–H groups in total. The van der Waals surface area contributed by atoms with E-state index in [-0.39, 0.29) is 18.9 Å². The Balaban J connectivity index is 1.74. The van der Waals surface area contributed by atoms with Gasteiger partial charge in [0, 0.05) is 6.42 Å². The van der Waals surface area contributed by atoms with Crippen molar-refractivity contribution in [2.24, 2.45) is 0 Å². The van der Waals surface area contributed by atoms with Gasteiger partial charge in [-0.3, -0.25) is 4.79 Å². The van der Waals surface area contributed by atoms with Crippen molar-refractivity contribution in [3.63, 3.8) is 0 Å². The zero-order valence-corrected chi connectivity index (χ0v) is 44.3. The van der Waals surface area contributed by atoms with E-state index in [1.165, 1.54) is 180 Å².